The van der Waals surface area contributed by atoms with Gasteiger partial charge in [-0.15, -0.1) is 0 Å². The molecule has 1 rings (SSSR count). The van der Waals surface area contributed by atoms with Crippen LogP contribution in [-0.2, 0) is 14.3 Å². The highest BCUT2D eigenvalue weighted by Gasteiger charge is 2.11. The van der Waals surface area contributed by atoms with Gasteiger partial charge in [0.15, 0.2) is 18.1 Å². The van der Waals surface area contributed by atoms with Gasteiger partial charge in [-0.2, -0.15) is 5.26 Å². The van der Waals surface area contributed by atoms with Crippen LogP contribution in [-0.4, -0.2) is 48.7 Å². The second-order valence-corrected chi connectivity index (χ2v) is 5.35. The normalized spacial score (nSPS) is 10.3. The summed E-state index contributed by atoms with van der Waals surface area (Å²) in [5, 5.41) is 18.3. The van der Waals surface area contributed by atoms with Gasteiger partial charge in [-0.3, -0.25) is 4.79 Å². The fraction of sp³-hybridized carbons (Fsp3) is 0.353. The number of likely N-dealkylation sites (N-methyl/N-ethyl adjacent to an activating group) is 1. The first kappa shape index (κ1) is 20.3. The number of esters is 1. The average Bonchev–Trinajstić information content (AvgIpc) is 2.59. The zero-order chi connectivity index (χ0) is 18.8. The Morgan fingerprint density at radius 2 is 2.16 bits per heavy atom. The van der Waals surface area contributed by atoms with E-state index in [2.05, 4.69) is 0 Å². The lowest BCUT2D eigenvalue weighted by Gasteiger charge is -2.14. The zero-order valence-corrected chi connectivity index (χ0v) is 14.7. The molecule has 0 unspecified atom stereocenters. The van der Waals surface area contributed by atoms with Crippen LogP contribution in [0.4, 0.5) is 0 Å². The smallest absolute Gasteiger partial charge is 0.331 e. The summed E-state index contributed by atoms with van der Waals surface area (Å²) in [7, 11) is 1.52. The highest BCUT2D eigenvalue weighted by Crippen LogP contribution is 2.35. The molecule has 0 fully saturated rings. The number of hydrogen-bond donors (Lipinski definition) is 1. The molecule has 0 heterocycles. The Hall–Kier alpha value is -2.72. The van der Waals surface area contributed by atoms with Gasteiger partial charge in [0.2, 0.25) is 0 Å². The second kappa shape index (κ2) is 10.2. The summed E-state index contributed by atoms with van der Waals surface area (Å²) in [6, 6.07) is 4.91. The van der Waals surface area contributed by atoms with Gasteiger partial charge in [0, 0.05) is 19.7 Å². The van der Waals surface area contributed by atoms with Crippen molar-refractivity contribution in [3.05, 3.63) is 28.8 Å². The second-order valence-electron chi connectivity index (χ2n) is 4.95. The molecular formula is C17H19ClN2O5. The van der Waals surface area contributed by atoms with Crippen molar-refractivity contribution < 1.29 is 24.2 Å². The van der Waals surface area contributed by atoms with Crippen LogP contribution in [0.2, 0.25) is 5.02 Å². The van der Waals surface area contributed by atoms with Gasteiger partial charge in [0.1, 0.15) is 0 Å². The highest BCUT2D eigenvalue weighted by atomic mass is 35.5. The Bertz CT molecular complexity index is 697. The number of phenolic OH excluding ortho intramolecular Hbond substituents is 1. The maximum atomic E-state index is 11.7. The monoisotopic (exact) mass is 366 g/mol. The lowest BCUT2D eigenvalue weighted by atomic mass is 10.2. The lowest BCUT2D eigenvalue weighted by molar-refractivity contribution is -0.147. The van der Waals surface area contributed by atoms with Crippen molar-refractivity contribution in [3.8, 4) is 17.6 Å². The van der Waals surface area contributed by atoms with Crippen LogP contribution < -0.4 is 4.74 Å². The lowest BCUT2D eigenvalue weighted by Crippen LogP contribution is -2.31. The quantitative estimate of drug-likeness (QED) is 0.560. The summed E-state index contributed by atoms with van der Waals surface area (Å²) in [6.07, 6.45) is 2.78. The maximum absolute atomic E-state index is 11.7. The Kier molecular flexibility index (Phi) is 8.30. The van der Waals surface area contributed by atoms with E-state index >= 15 is 0 Å². The number of phenols is 1. The summed E-state index contributed by atoms with van der Waals surface area (Å²) in [4.78, 5) is 24.7. The third-order valence-corrected chi connectivity index (χ3v) is 3.37. The summed E-state index contributed by atoms with van der Waals surface area (Å²) in [5.74, 6) is -1.07. The van der Waals surface area contributed by atoms with Gasteiger partial charge in [-0.1, -0.05) is 11.6 Å². The van der Waals surface area contributed by atoms with Gasteiger partial charge in [-0.05, 0) is 30.7 Å². The van der Waals surface area contributed by atoms with E-state index in [1.807, 2.05) is 6.07 Å². The van der Waals surface area contributed by atoms with Crippen LogP contribution in [0.25, 0.3) is 6.08 Å². The molecule has 0 aliphatic carbocycles. The molecule has 134 valence electrons. The van der Waals surface area contributed by atoms with Crippen LogP contribution in [0.15, 0.2) is 18.2 Å². The Labute approximate surface area is 151 Å². The minimum Gasteiger partial charge on any atom is -0.503 e. The van der Waals surface area contributed by atoms with Crippen molar-refractivity contribution in [1.29, 1.82) is 5.26 Å². The van der Waals surface area contributed by atoms with Crippen LogP contribution >= 0.6 is 11.6 Å². The molecule has 0 spiro atoms. The molecule has 0 radical (unpaired) electrons. The summed E-state index contributed by atoms with van der Waals surface area (Å²) < 4.78 is 10.1. The van der Waals surface area contributed by atoms with E-state index in [0.29, 0.717) is 12.2 Å². The van der Waals surface area contributed by atoms with Gasteiger partial charge in [-0.25, -0.2) is 4.79 Å². The van der Waals surface area contributed by atoms with Crippen molar-refractivity contribution in [2.45, 2.75) is 13.3 Å². The maximum Gasteiger partial charge on any atom is 0.331 e. The number of benzene rings is 1. The standard InChI is InChI=1S/C17H19ClN2O5/c1-3-24-14-10-12(9-13(18)17(14)23)5-6-16(22)25-11-15(21)20(2)8-4-7-19/h5-6,9-10,23H,3-4,8,11H2,1-2H3. The third kappa shape index (κ3) is 6.73. The van der Waals surface area contributed by atoms with Crippen molar-refractivity contribution in [2.24, 2.45) is 0 Å². The van der Waals surface area contributed by atoms with Crippen LogP contribution in [0.5, 0.6) is 11.5 Å². The minimum atomic E-state index is -0.704. The number of aromatic hydroxyl groups is 1. The van der Waals surface area contributed by atoms with E-state index < -0.39 is 18.5 Å². The number of carbonyl (C=O) groups excluding carboxylic acids is 2. The molecular weight excluding hydrogens is 348 g/mol. The first-order valence-corrected chi connectivity index (χ1v) is 7.87. The predicted molar refractivity (Wildman–Crippen MR) is 92.1 cm³/mol. The first-order valence-electron chi connectivity index (χ1n) is 7.50. The van der Waals surface area contributed by atoms with Gasteiger partial charge < -0.3 is 19.5 Å². The number of nitrogens with zero attached hydrogens (tertiary/aromatic N) is 2. The first-order chi connectivity index (χ1) is 11.9. The van der Waals surface area contributed by atoms with E-state index in [-0.39, 0.29) is 29.5 Å². The molecule has 0 aliphatic rings. The molecule has 1 aromatic carbocycles. The number of ether oxygens (including phenoxy) is 2. The summed E-state index contributed by atoms with van der Waals surface area (Å²) >= 11 is 5.90. The number of carbonyl (C=O) groups is 2. The third-order valence-electron chi connectivity index (χ3n) is 3.09. The van der Waals surface area contributed by atoms with Crippen LogP contribution in [0, 0.1) is 11.3 Å². The topological polar surface area (TPSA) is 99.9 Å². The molecule has 0 saturated heterocycles. The molecule has 1 amide bonds. The van der Waals surface area contributed by atoms with Crippen molar-refractivity contribution >= 4 is 29.6 Å². The summed E-state index contributed by atoms with van der Waals surface area (Å²) in [5.41, 5.74) is 0.528. The number of nitriles is 1. The van der Waals surface area contributed by atoms with Crippen LogP contribution in [0.3, 0.4) is 0 Å². The molecule has 1 N–H and O–H groups in total. The van der Waals surface area contributed by atoms with Crippen molar-refractivity contribution in [3.63, 3.8) is 0 Å². The Balaban J connectivity index is 2.62. The average molecular weight is 367 g/mol. The Morgan fingerprint density at radius 1 is 1.44 bits per heavy atom. The number of rotatable bonds is 8. The molecule has 25 heavy (non-hydrogen) atoms. The van der Waals surface area contributed by atoms with Crippen molar-refractivity contribution in [2.75, 3.05) is 26.8 Å². The molecule has 8 heteroatoms. The number of amides is 1. The molecule has 0 aliphatic heterocycles. The summed E-state index contributed by atoms with van der Waals surface area (Å²) in [6.45, 7) is 1.97. The van der Waals surface area contributed by atoms with E-state index in [4.69, 9.17) is 26.3 Å². The van der Waals surface area contributed by atoms with Gasteiger partial charge >= 0.3 is 5.97 Å². The predicted octanol–water partition coefficient (Wildman–Crippen LogP) is 2.37. The fourth-order valence-corrected chi connectivity index (χ4v) is 1.97. The zero-order valence-electron chi connectivity index (χ0n) is 14.0. The highest BCUT2D eigenvalue weighted by molar-refractivity contribution is 6.32. The van der Waals surface area contributed by atoms with Gasteiger partial charge in [0.05, 0.1) is 24.1 Å². The Morgan fingerprint density at radius 3 is 2.80 bits per heavy atom. The molecule has 0 aromatic heterocycles. The molecule has 1 aromatic rings. The minimum absolute atomic E-state index is 0.0910. The molecule has 0 atom stereocenters. The molecule has 0 saturated carbocycles. The SMILES string of the molecule is CCOc1cc(C=CC(=O)OCC(=O)N(C)CCC#N)cc(Cl)c1O. The van der Waals surface area contributed by atoms with E-state index in [1.165, 1.54) is 30.2 Å². The van der Waals surface area contributed by atoms with E-state index in [9.17, 15) is 14.7 Å². The molecule has 0 bridgehead atoms. The number of hydrogen-bond acceptors (Lipinski definition) is 6. The van der Waals surface area contributed by atoms with E-state index in [1.54, 1.807) is 6.92 Å². The molecule has 7 nitrogen and oxygen atoms in total. The van der Waals surface area contributed by atoms with Crippen molar-refractivity contribution in [1.82, 2.24) is 4.90 Å². The van der Waals surface area contributed by atoms with Crippen LogP contribution in [0.1, 0.15) is 18.9 Å². The van der Waals surface area contributed by atoms with Gasteiger partial charge in [0.25, 0.3) is 5.91 Å². The number of halogens is 1. The largest absolute Gasteiger partial charge is 0.503 e. The fourth-order valence-electron chi connectivity index (χ4n) is 1.75. The van der Waals surface area contributed by atoms with E-state index in [0.717, 1.165) is 6.08 Å².